The van der Waals surface area contributed by atoms with Gasteiger partial charge < -0.3 is 9.73 Å². The van der Waals surface area contributed by atoms with Gasteiger partial charge in [-0.1, -0.05) is 18.2 Å². The maximum Gasteiger partial charge on any atom is 0.259 e. The van der Waals surface area contributed by atoms with Gasteiger partial charge in [-0.25, -0.2) is 4.98 Å². The summed E-state index contributed by atoms with van der Waals surface area (Å²) in [7, 11) is 0. The molecule has 20 heavy (non-hydrogen) atoms. The molecule has 0 saturated carbocycles. The number of aryl methyl sites for hydroxylation is 1. The molecule has 0 aliphatic heterocycles. The van der Waals surface area contributed by atoms with Crippen molar-refractivity contribution >= 4 is 38.5 Å². The summed E-state index contributed by atoms with van der Waals surface area (Å²) in [6, 6.07) is 11.0. The van der Waals surface area contributed by atoms with Crippen molar-refractivity contribution in [3.8, 4) is 0 Å². The van der Waals surface area contributed by atoms with E-state index in [0.29, 0.717) is 16.8 Å². The minimum atomic E-state index is -0.206. The van der Waals surface area contributed by atoms with Crippen LogP contribution in [0.5, 0.6) is 0 Å². The summed E-state index contributed by atoms with van der Waals surface area (Å²) in [5.41, 5.74) is 2.65. The molecule has 3 aromatic rings. The number of amides is 1. The average molecular weight is 331 g/mol. The number of aromatic nitrogens is 1. The monoisotopic (exact) mass is 330 g/mol. The molecule has 0 spiro atoms. The van der Waals surface area contributed by atoms with E-state index in [9.17, 15) is 4.79 Å². The van der Waals surface area contributed by atoms with Crippen LogP contribution < -0.4 is 5.32 Å². The molecule has 0 fully saturated rings. The lowest BCUT2D eigenvalue weighted by Gasteiger charge is -2.07. The van der Waals surface area contributed by atoms with Gasteiger partial charge in [0, 0.05) is 5.39 Å². The van der Waals surface area contributed by atoms with Crippen molar-refractivity contribution in [1.29, 1.82) is 0 Å². The number of hydrogen-bond donors (Lipinski definition) is 1. The molecule has 1 amide bonds. The Balaban J connectivity index is 1.93. The molecule has 0 unspecified atom stereocenters. The van der Waals surface area contributed by atoms with Crippen LogP contribution in [-0.2, 0) is 0 Å². The molecule has 0 radical (unpaired) electrons. The summed E-state index contributed by atoms with van der Waals surface area (Å²) >= 11 is 3.29. The molecule has 1 N–H and O–H groups in total. The number of nitrogens with one attached hydrogen (secondary N) is 1. The van der Waals surface area contributed by atoms with Crippen molar-refractivity contribution in [1.82, 2.24) is 4.98 Å². The topological polar surface area (TPSA) is 55.1 Å². The molecule has 0 aliphatic rings. The Kier molecular flexibility index (Phi) is 3.28. The summed E-state index contributed by atoms with van der Waals surface area (Å²) in [6.45, 7) is 1.84. The third-order valence-corrected chi connectivity index (χ3v) is 3.47. The molecule has 4 nitrogen and oxygen atoms in total. The van der Waals surface area contributed by atoms with Gasteiger partial charge in [0.2, 0.25) is 0 Å². The van der Waals surface area contributed by atoms with Crippen LogP contribution >= 0.6 is 15.9 Å². The number of pyridine rings is 1. The lowest BCUT2D eigenvalue weighted by atomic mass is 10.1. The maximum atomic E-state index is 12.3. The first-order chi connectivity index (χ1) is 9.65. The van der Waals surface area contributed by atoms with Gasteiger partial charge >= 0.3 is 0 Å². The van der Waals surface area contributed by atoms with Gasteiger partial charge in [-0.15, -0.1) is 0 Å². The van der Waals surface area contributed by atoms with E-state index < -0.39 is 0 Å². The molecule has 2 aromatic heterocycles. The van der Waals surface area contributed by atoms with Gasteiger partial charge in [-0.2, -0.15) is 0 Å². The Morgan fingerprint density at radius 2 is 2.05 bits per heavy atom. The van der Waals surface area contributed by atoms with E-state index in [2.05, 4.69) is 26.2 Å². The van der Waals surface area contributed by atoms with E-state index in [1.54, 1.807) is 6.07 Å². The molecule has 0 aliphatic carbocycles. The number of fused-ring (bicyclic) bond motifs is 1. The Bertz CT molecular complexity index is 795. The number of nitrogens with zero attached hydrogens (tertiary/aromatic N) is 1. The van der Waals surface area contributed by atoms with Crippen molar-refractivity contribution in [3.05, 3.63) is 58.5 Å². The predicted molar refractivity (Wildman–Crippen MR) is 80.8 cm³/mol. The highest BCUT2D eigenvalue weighted by molar-refractivity contribution is 9.10. The summed E-state index contributed by atoms with van der Waals surface area (Å²) in [5, 5.41) is 3.65. The van der Waals surface area contributed by atoms with E-state index in [-0.39, 0.29) is 5.91 Å². The van der Waals surface area contributed by atoms with Gasteiger partial charge in [0.25, 0.3) is 5.91 Å². The fraction of sp³-hybridized carbons (Fsp3) is 0.0667. The molecule has 0 saturated heterocycles. The van der Waals surface area contributed by atoms with E-state index >= 15 is 0 Å². The minimum Gasteiger partial charge on any atom is -0.463 e. The van der Waals surface area contributed by atoms with Gasteiger partial charge in [0.05, 0.1) is 16.9 Å². The van der Waals surface area contributed by atoms with Crippen LogP contribution in [0, 0.1) is 6.92 Å². The standard InChI is InChI=1S/C15H11BrN2O2/c1-9-12(6-7-14(16)17-9)18-15(19)11-8-20-13-5-3-2-4-10(11)13/h2-8H,1H3,(H,18,19). The van der Waals surface area contributed by atoms with Crippen molar-refractivity contribution in [3.63, 3.8) is 0 Å². The summed E-state index contributed by atoms with van der Waals surface area (Å²) in [6.07, 6.45) is 1.47. The average Bonchev–Trinajstić information content (AvgIpc) is 2.86. The van der Waals surface area contributed by atoms with Crippen molar-refractivity contribution in [2.24, 2.45) is 0 Å². The van der Waals surface area contributed by atoms with Crippen molar-refractivity contribution < 1.29 is 9.21 Å². The zero-order valence-corrected chi connectivity index (χ0v) is 12.3. The number of halogens is 1. The van der Waals surface area contributed by atoms with Gasteiger partial charge in [-0.3, -0.25) is 4.79 Å². The molecule has 0 atom stereocenters. The maximum absolute atomic E-state index is 12.3. The normalized spacial score (nSPS) is 10.7. The highest BCUT2D eigenvalue weighted by Crippen LogP contribution is 2.23. The van der Waals surface area contributed by atoms with E-state index in [4.69, 9.17) is 4.42 Å². The first kappa shape index (κ1) is 12.9. The second-order valence-electron chi connectivity index (χ2n) is 4.37. The number of benzene rings is 1. The minimum absolute atomic E-state index is 0.206. The second kappa shape index (κ2) is 5.09. The number of furan rings is 1. The Morgan fingerprint density at radius 1 is 1.25 bits per heavy atom. The molecule has 2 heterocycles. The van der Waals surface area contributed by atoms with Gasteiger partial charge in [-0.05, 0) is 41.1 Å². The smallest absolute Gasteiger partial charge is 0.259 e. The first-order valence-electron chi connectivity index (χ1n) is 6.06. The SMILES string of the molecule is Cc1nc(Br)ccc1NC(=O)c1coc2ccccc12. The number of hydrogen-bond acceptors (Lipinski definition) is 3. The summed E-state index contributed by atoms with van der Waals surface area (Å²) < 4.78 is 6.11. The number of carbonyl (C=O) groups excluding carboxylic acids is 1. The van der Waals surface area contributed by atoms with E-state index in [0.717, 1.165) is 15.7 Å². The number of anilines is 1. The van der Waals surface area contributed by atoms with Crippen LogP contribution in [0.25, 0.3) is 11.0 Å². The molecule has 1 aromatic carbocycles. The molecule has 100 valence electrons. The molecule has 3 rings (SSSR count). The fourth-order valence-electron chi connectivity index (χ4n) is 2.01. The van der Waals surface area contributed by atoms with Crippen LogP contribution in [0.15, 0.2) is 51.7 Å². The Labute approximate surface area is 123 Å². The zero-order chi connectivity index (χ0) is 14.1. The number of carbonyl (C=O) groups is 1. The van der Waals surface area contributed by atoms with Crippen LogP contribution in [0.3, 0.4) is 0 Å². The lowest BCUT2D eigenvalue weighted by molar-refractivity contribution is 0.102. The van der Waals surface area contributed by atoms with E-state index in [1.165, 1.54) is 6.26 Å². The van der Waals surface area contributed by atoms with Crippen LogP contribution in [0.4, 0.5) is 5.69 Å². The largest absolute Gasteiger partial charge is 0.463 e. The molecule has 0 bridgehead atoms. The van der Waals surface area contributed by atoms with Crippen LogP contribution in [-0.4, -0.2) is 10.9 Å². The predicted octanol–water partition coefficient (Wildman–Crippen LogP) is 4.15. The molecular weight excluding hydrogens is 320 g/mol. The second-order valence-corrected chi connectivity index (χ2v) is 5.18. The number of para-hydroxylation sites is 1. The van der Waals surface area contributed by atoms with Crippen LogP contribution in [0.1, 0.15) is 16.1 Å². The van der Waals surface area contributed by atoms with Crippen LogP contribution in [0.2, 0.25) is 0 Å². The highest BCUT2D eigenvalue weighted by Gasteiger charge is 2.14. The fourth-order valence-corrected chi connectivity index (χ4v) is 2.40. The summed E-state index contributed by atoms with van der Waals surface area (Å²) in [4.78, 5) is 16.6. The molecule has 5 heteroatoms. The van der Waals surface area contributed by atoms with E-state index in [1.807, 2.05) is 37.3 Å². The zero-order valence-electron chi connectivity index (χ0n) is 10.7. The lowest BCUT2D eigenvalue weighted by Crippen LogP contribution is -2.12. The Hall–Kier alpha value is -2.14. The van der Waals surface area contributed by atoms with Gasteiger partial charge in [0.1, 0.15) is 16.4 Å². The van der Waals surface area contributed by atoms with Crippen molar-refractivity contribution in [2.75, 3.05) is 5.32 Å². The quantitative estimate of drug-likeness (QED) is 0.718. The molecular formula is C15H11BrN2O2. The third-order valence-electron chi connectivity index (χ3n) is 3.03. The number of rotatable bonds is 2. The first-order valence-corrected chi connectivity index (χ1v) is 6.85. The van der Waals surface area contributed by atoms with Gasteiger partial charge in [0.15, 0.2) is 0 Å². The highest BCUT2D eigenvalue weighted by atomic mass is 79.9. The Morgan fingerprint density at radius 3 is 2.85 bits per heavy atom. The summed E-state index contributed by atoms with van der Waals surface area (Å²) in [5.74, 6) is -0.206. The van der Waals surface area contributed by atoms with Crippen molar-refractivity contribution in [2.45, 2.75) is 6.92 Å². The third kappa shape index (κ3) is 2.32.